The van der Waals surface area contributed by atoms with Gasteiger partial charge in [0, 0.05) is 41.6 Å². The van der Waals surface area contributed by atoms with Gasteiger partial charge >= 0.3 is 0 Å². The number of methoxy groups -OCH3 is 2. The van der Waals surface area contributed by atoms with Gasteiger partial charge < -0.3 is 14.8 Å². The molecule has 32 heavy (non-hydrogen) atoms. The van der Waals surface area contributed by atoms with Gasteiger partial charge in [-0.2, -0.15) is 0 Å². The van der Waals surface area contributed by atoms with E-state index in [-0.39, 0.29) is 30.7 Å². The molecule has 8 heteroatoms. The van der Waals surface area contributed by atoms with E-state index in [1.165, 1.54) is 19.1 Å². The molecule has 3 amide bonds. The van der Waals surface area contributed by atoms with Crippen molar-refractivity contribution in [3.63, 3.8) is 0 Å². The molecule has 3 aromatic carbocycles. The zero-order valence-corrected chi connectivity index (χ0v) is 18.4. The summed E-state index contributed by atoms with van der Waals surface area (Å²) in [5.74, 6) is -0.171. The zero-order valence-electron chi connectivity index (χ0n) is 17.6. The van der Waals surface area contributed by atoms with Gasteiger partial charge in [0.05, 0.1) is 24.9 Å². The molecule has 0 bridgehead atoms. The molecule has 1 N–H and O–H groups in total. The summed E-state index contributed by atoms with van der Waals surface area (Å²) in [7, 11) is 2.95. The third-order valence-electron chi connectivity index (χ3n) is 5.39. The maximum atomic E-state index is 12.9. The summed E-state index contributed by atoms with van der Waals surface area (Å²) in [5.41, 5.74) is 1.42. The molecular formula is C24H21ClN2O5. The number of carbonyl (C=O) groups is 3. The summed E-state index contributed by atoms with van der Waals surface area (Å²) >= 11 is 6.09. The van der Waals surface area contributed by atoms with E-state index < -0.39 is 0 Å². The van der Waals surface area contributed by atoms with Crippen molar-refractivity contribution in [2.24, 2.45) is 0 Å². The third-order valence-corrected chi connectivity index (χ3v) is 5.68. The highest BCUT2D eigenvalue weighted by Crippen LogP contribution is 2.36. The Bertz CT molecular complexity index is 1190. The van der Waals surface area contributed by atoms with Gasteiger partial charge in [-0.3, -0.25) is 19.3 Å². The molecule has 0 radical (unpaired) electrons. The molecule has 0 aromatic heterocycles. The fourth-order valence-electron chi connectivity index (χ4n) is 3.85. The Kier molecular flexibility index (Phi) is 6.01. The Hall–Kier alpha value is -3.58. The van der Waals surface area contributed by atoms with E-state index in [4.69, 9.17) is 21.1 Å². The highest BCUT2D eigenvalue weighted by Gasteiger charge is 2.32. The second kappa shape index (κ2) is 8.88. The number of amides is 3. The average molecular weight is 453 g/mol. The van der Waals surface area contributed by atoms with Gasteiger partial charge in [-0.1, -0.05) is 35.9 Å². The second-order valence-corrected chi connectivity index (χ2v) is 7.72. The van der Waals surface area contributed by atoms with Crippen LogP contribution >= 0.6 is 11.6 Å². The summed E-state index contributed by atoms with van der Waals surface area (Å²) in [6, 6.07) is 13.9. The SMILES string of the molecule is COc1cc(NC(=O)CCCN2C(=O)c3cccc4cccc(c34)C2=O)c(OC)cc1Cl. The number of imide groups is 1. The fourth-order valence-corrected chi connectivity index (χ4v) is 4.08. The van der Waals surface area contributed by atoms with Gasteiger partial charge in [0.1, 0.15) is 11.5 Å². The van der Waals surface area contributed by atoms with E-state index >= 15 is 0 Å². The van der Waals surface area contributed by atoms with Crippen molar-refractivity contribution in [1.82, 2.24) is 4.90 Å². The summed E-state index contributed by atoms with van der Waals surface area (Å²) in [4.78, 5) is 39.6. The number of halogens is 1. The number of anilines is 1. The van der Waals surface area contributed by atoms with Crippen molar-refractivity contribution < 1.29 is 23.9 Å². The van der Waals surface area contributed by atoms with Crippen LogP contribution in [0, 0.1) is 0 Å². The molecule has 1 heterocycles. The lowest BCUT2D eigenvalue weighted by atomic mass is 9.94. The number of benzene rings is 3. The van der Waals surface area contributed by atoms with Gasteiger partial charge in [0.15, 0.2) is 0 Å². The molecule has 0 aliphatic carbocycles. The average Bonchev–Trinajstić information content (AvgIpc) is 2.80. The van der Waals surface area contributed by atoms with Gasteiger partial charge in [0.25, 0.3) is 11.8 Å². The monoisotopic (exact) mass is 452 g/mol. The quantitative estimate of drug-likeness (QED) is 0.532. The van der Waals surface area contributed by atoms with Crippen LogP contribution in [0.4, 0.5) is 5.69 Å². The molecule has 0 saturated carbocycles. The predicted molar refractivity (Wildman–Crippen MR) is 122 cm³/mol. The molecule has 0 atom stereocenters. The van der Waals surface area contributed by atoms with E-state index in [0.717, 1.165) is 5.39 Å². The molecular weight excluding hydrogens is 432 g/mol. The Morgan fingerprint density at radius 2 is 1.59 bits per heavy atom. The lowest BCUT2D eigenvalue weighted by Crippen LogP contribution is -2.41. The third kappa shape index (κ3) is 3.87. The number of carbonyl (C=O) groups excluding carboxylic acids is 3. The Labute approximate surface area is 189 Å². The van der Waals surface area contributed by atoms with Crippen LogP contribution in [0.15, 0.2) is 48.5 Å². The standard InChI is InChI=1S/C24H21ClN2O5/c1-31-19-13-18(20(32-2)12-17(19)25)26-21(28)10-5-11-27-23(29)15-8-3-6-14-7-4-9-16(22(14)15)24(27)30/h3-4,6-9,12-13H,5,10-11H2,1-2H3,(H,26,28). The lowest BCUT2D eigenvalue weighted by Gasteiger charge is -2.27. The highest BCUT2D eigenvalue weighted by molar-refractivity contribution is 6.32. The number of hydrogen-bond acceptors (Lipinski definition) is 5. The summed E-state index contributed by atoms with van der Waals surface area (Å²) in [5, 5.41) is 4.66. The maximum Gasteiger partial charge on any atom is 0.261 e. The minimum Gasteiger partial charge on any atom is -0.495 e. The minimum absolute atomic E-state index is 0.108. The van der Waals surface area contributed by atoms with Crippen molar-refractivity contribution in [2.45, 2.75) is 12.8 Å². The molecule has 0 unspecified atom stereocenters. The van der Waals surface area contributed by atoms with Crippen LogP contribution in [0.2, 0.25) is 5.02 Å². The first kappa shape index (κ1) is 21.6. The molecule has 7 nitrogen and oxygen atoms in total. The van der Waals surface area contributed by atoms with Gasteiger partial charge in [-0.25, -0.2) is 0 Å². The first-order chi connectivity index (χ1) is 15.4. The van der Waals surface area contributed by atoms with E-state index in [9.17, 15) is 14.4 Å². The van der Waals surface area contributed by atoms with Crippen LogP contribution in [0.3, 0.4) is 0 Å². The van der Waals surface area contributed by atoms with E-state index in [1.54, 1.807) is 36.4 Å². The molecule has 0 spiro atoms. The van der Waals surface area contributed by atoms with Crippen LogP contribution in [-0.4, -0.2) is 43.4 Å². The predicted octanol–water partition coefficient (Wildman–Crippen LogP) is 4.53. The first-order valence-corrected chi connectivity index (χ1v) is 10.4. The molecule has 1 aliphatic heterocycles. The van der Waals surface area contributed by atoms with Gasteiger partial charge in [-0.05, 0) is 23.9 Å². The summed E-state index contributed by atoms with van der Waals surface area (Å²) < 4.78 is 10.4. The zero-order chi connectivity index (χ0) is 22.8. The first-order valence-electron chi connectivity index (χ1n) is 10.0. The largest absolute Gasteiger partial charge is 0.495 e. The number of hydrogen-bond donors (Lipinski definition) is 1. The molecule has 1 aliphatic rings. The normalized spacial score (nSPS) is 12.8. The fraction of sp³-hybridized carbons (Fsp3) is 0.208. The van der Waals surface area contributed by atoms with Crippen molar-refractivity contribution >= 4 is 45.8 Å². The lowest BCUT2D eigenvalue weighted by molar-refractivity contribution is -0.116. The Balaban J connectivity index is 1.44. The van der Waals surface area contributed by atoms with E-state index in [2.05, 4.69) is 5.32 Å². The van der Waals surface area contributed by atoms with E-state index in [0.29, 0.717) is 45.1 Å². The molecule has 0 fully saturated rings. The Morgan fingerprint density at radius 1 is 0.969 bits per heavy atom. The maximum absolute atomic E-state index is 12.9. The van der Waals surface area contributed by atoms with Crippen molar-refractivity contribution in [3.8, 4) is 11.5 Å². The van der Waals surface area contributed by atoms with Crippen LogP contribution < -0.4 is 14.8 Å². The van der Waals surface area contributed by atoms with E-state index in [1.807, 2.05) is 12.1 Å². The van der Waals surface area contributed by atoms with Crippen molar-refractivity contribution in [3.05, 3.63) is 64.7 Å². The molecule has 4 rings (SSSR count). The van der Waals surface area contributed by atoms with Crippen LogP contribution in [-0.2, 0) is 4.79 Å². The topological polar surface area (TPSA) is 84.9 Å². The van der Waals surface area contributed by atoms with Crippen LogP contribution in [0.1, 0.15) is 33.6 Å². The van der Waals surface area contributed by atoms with Crippen molar-refractivity contribution in [2.75, 3.05) is 26.1 Å². The summed E-state index contributed by atoms with van der Waals surface area (Å²) in [6.45, 7) is 0.136. The van der Waals surface area contributed by atoms with Crippen LogP contribution in [0.25, 0.3) is 10.8 Å². The number of rotatable bonds is 7. The smallest absolute Gasteiger partial charge is 0.261 e. The minimum atomic E-state index is -0.344. The summed E-state index contributed by atoms with van der Waals surface area (Å²) in [6.07, 6.45) is 0.422. The molecule has 3 aromatic rings. The number of nitrogens with one attached hydrogen (secondary N) is 1. The molecule has 164 valence electrons. The Morgan fingerprint density at radius 3 is 2.19 bits per heavy atom. The van der Waals surface area contributed by atoms with Crippen molar-refractivity contribution in [1.29, 1.82) is 0 Å². The number of ether oxygens (including phenoxy) is 2. The van der Waals surface area contributed by atoms with Gasteiger partial charge in [0.2, 0.25) is 5.91 Å². The van der Waals surface area contributed by atoms with Gasteiger partial charge in [-0.15, -0.1) is 0 Å². The van der Waals surface area contributed by atoms with Crippen LogP contribution in [0.5, 0.6) is 11.5 Å². The second-order valence-electron chi connectivity index (χ2n) is 7.31. The molecule has 0 saturated heterocycles. The number of nitrogens with zero attached hydrogens (tertiary/aromatic N) is 1. The highest BCUT2D eigenvalue weighted by atomic mass is 35.5.